The first-order chi connectivity index (χ1) is 10.2. The maximum atomic E-state index is 11.9. The van der Waals surface area contributed by atoms with Crippen molar-refractivity contribution in [3.8, 4) is 0 Å². The zero-order valence-corrected chi connectivity index (χ0v) is 12.7. The summed E-state index contributed by atoms with van der Waals surface area (Å²) in [5.74, 6) is -0.0334. The van der Waals surface area contributed by atoms with Gasteiger partial charge in [-0.25, -0.2) is 0 Å². The predicted molar refractivity (Wildman–Crippen MR) is 85.4 cm³/mol. The minimum absolute atomic E-state index is 0.0334. The summed E-state index contributed by atoms with van der Waals surface area (Å²) in [5, 5.41) is 6.72. The molecule has 0 aliphatic carbocycles. The first-order valence-electron chi connectivity index (χ1n) is 6.82. The highest BCUT2D eigenvalue weighted by Crippen LogP contribution is 2.22. The third-order valence-corrected chi connectivity index (χ3v) is 3.51. The quantitative estimate of drug-likeness (QED) is 0.806. The molecule has 5 heteroatoms. The summed E-state index contributed by atoms with van der Waals surface area (Å²) < 4.78 is 0. The molecule has 0 atom stereocenters. The normalized spacial score (nSPS) is 10.4. The van der Waals surface area contributed by atoms with Crippen molar-refractivity contribution in [2.75, 3.05) is 11.9 Å². The lowest BCUT2D eigenvalue weighted by Crippen LogP contribution is -2.22. The maximum Gasteiger partial charge on any atom is 0.225 e. The molecule has 0 radical (unpaired) electrons. The van der Waals surface area contributed by atoms with E-state index in [1.165, 1.54) is 0 Å². The molecule has 2 aromatic rings. The Labute approximate surface area is 129 Å². The summed E-state index contributed by atoms with van der Waals surface area (Å²) in [4.78, 5) is 16.1. The monoisotopic (exact) mass is 303 g/mol. The highest BCUT2D eigenvalue weighted by Gasteiger charge is 2.06. The van der Waals surface area contributed by atoms with Gasteiger partial charge in [-0.3, -0.25) is 9.78 Å². The second-order valence-electron chi connectivity index (χ2n) is 4.71. The van der Waals surface area contributed by atoms with Gasteiger partial charge in [0.25, 0.3) is 0 Å². The average molecular weight is 304 g/mol. The number of aromatic nitrogens is 1. The molecule has 1 aromatic heterocycles. The first kappa shape index (κ1) is 15.5. The van der Waals surface area contributed by atoms with Gasteiger partial charge in [-0.1, -0.05) is 23.7 Å². The van der Waals surface area contributed by atoms with Crippen molar-refractivity contribution in [1.29, 1.82) is 0 Å². The molecule has 0 saturated heterocycles. The fourth-order valence-corrected chi connectivity index (χ4v) is 2.05. The van der Waals surface area contributed by atoms with Gasteiger partial charge in [-0.05, 0) is 36.8 Å². The van der Waals surface area contributed by atoms with Gasteiger partial charge in [0.1, 0.15) is 0 Å². The highest BCUT2D eigenvalue weighted by atomic mass is 35.5. The molecule has 2 N–H and O–H groups in total. The van der Waals surface area contributed by atoms with E-state index in [2.05, 4.69) is 15.6 Å². The molecule has 0 bridgehead atoms. The van der Waals surface area contributed by atoms with E-state index in [9.17, 15) is 4.79 Å². The van der Waals surface area contributed by atoms with E-state index in [1.54, 1.807) is 12.3 Å². The van der Waals surface area contributed by atoms with Gasteiger partial charge in [-0.15, -0.1) is 0 Å². The molecule has 0 aliphatic rings. The SMILES string of the molecule is Cc1c(Cl)cccc1NC(=O)CCNCc1ccccn1. The number of carbonyl (C=O) groups is 1. The van der Waals surface area contributed by atoms with E-state index < -0.39 is 0 Å². The fraction of sp³-hybridized carbons (Fsp3) is 0.250. The Morgan fingerprint density at radius 3 is 2.86 bits per heavy atom. The maximum absolute atomic E-state index is 11.9. The van der Waals surface area contributed by atoms with Crippen LogP contribution in [0.3, 0.4) is 0 Å². The summed E-state index contributed by atoms with van der Waals surface area (Å²) in [5.41, 5.74) is 2.61. The van der Waals surface area contributed by atoms with Crippen LogP contribution in [0.1, 0.15) is 17.7 Å². The van der Waals surface area contributed by atoms with Crippen LogP contribution in [0.5, 0.6) is 0 Å². The molecular weight excluding hydrogens is 286 g/mol. The van der Waals surface area contributed by atoms with Crippen molar-refractivity contribution in [3.05, 3.63) is 58.9 Å². The van der Waals surface area contributed by atoms with Crippen LogP contribution >= 0.6 is 11.6 Å². The molecule has 1 heterocycles. The Balaban J connectivity index is 1.74. The molecule has 0 spiro atoms. The van der Waals surface area contributed by atoms with E-state index >= 15 is 0 Å². The van der Waals surface area contributed by atoms with Crippen LogP contribution in [0, 0.1) is 6.92 Å². The van der Waals surface area contributed by atoms with Gasteiger partial charge in [-0.2, -0.15) is 0 Å². The second kappa shape index (κ2) is 7.76. The van der Waals surface area contributed by atoms with Crippen molar-refractivity contribution in [3.63, 3.8) is 0 Å². The van der Waals surface area contributed by atoms with Gasteiger partial charge in [0.2, 0.25) is 5.91 Å². The molecule has 0 fully saturated rings. The van der Waals surface area contributed by atoms with Gasteiger partial charge in [0, 0.05) is 36.4 Å². The summed E-state index contributed by atoms with van der Waals surface area (Å²) in [6.07, 6.45) is 2.16. The zero-order valence-electron chi connectivity index (χ0n) is 11.9. The molecule has 4 nitrogen and oxygen atoms in total. The molecule has 21 heavy (non-hydrogen) atoms. The lowest BCUT2D eigenvalue weighted by molar-refractivity contribution is -0.116. The fourth-order valence-electron chi connectivity index (χ4n) is 1.88. The van der Waals surface area contributed by atoms with Gasteiger partial charge in [0.05, 0.1) is 5.69 Å². The molecule has 1 amide bonds. The Kier molecular flexibility index (Phi) is 5.72. The van der Waals surface area contributed by atoms with Gasteiger partial charge >= 0.3 is 0 Å². The van der Waals surface area contributed by atoms with Crippen molar-refractivity contribution < 1.29 is 4.79 Å². The molecule has 0 unspecified atom stereocenters. The van der Waals surface area contributed by atoms with Crippen LogP contribution in [0.4, 0.5) is 5.69 Å². The third-order valence-electron chi connectivity index (χ3n) is 3.10. The van der Waals surface area contributed by atoms with Crippen LogP contribution < -0.4 is 10.6 Å². The number of nitrogens with zero attached hydrogens (tertiary/aromatic N) is 1. The smallest absolute Gasteiger partial charge is 0.225 e. The molecule has 1 aromatic carbocycles. The molecule has 2 rings (SSSR count). The molecule has 110 valence electrons. The number of anilines is 1. The zero-order chi connectivity index (χ0) is 15.1. The standard InChI is InChI=1S/C16H18ClN3O/c1-12-14(17)6-4-7-15(12)20-16(21)8-10-18-11-13-5-2-3-9-19-13/h2-7,9,18H,8,10-11H2,1H3,(H,20,21). The molecule has 0 saturated carbocycles. The Hall–Kier alpha value is -1.91. The topological polar surface area (TPSA) is 54.0 Å². The van der Waals surface area contributed by atoms with Gasteiger partial charge < -0.3 is 10.6 Å². The van der Waals surface area contributed by atoms with Crippen molar-refractivity contribution >= 4 is 23.2 Å². The van der Waals surface area contributed by atoms with Crippen LogP contribution in [0.25, 0.3) is 0 Å². The van der Waals surface area contributed by atoms with Crippen molar-refractivity contribution in [2.24, 2.45) is 0 Å². The van der Waals surface area contributed by atoms with E-state index in [4.69, 9.17) is 11.6 Å². The number of hydrogen-bond donors (Lipinski definition) is 2. The summed E-state index contributed by atoms with van der Waals surface area (Å²) in [7, 11) is 0. The highest BCUT2D eigenvalue weighted by molar-refractivity contribution is 6.31. The third kappa shape index (κ3) is 4.85. The average Bonchev–Trinajstić information content (AvgIpc) is 2.49. The summed E-state index contributed by atoms with van der Waals surface area (Å²) in [6, 6.07) is 11.2. The van der Waals surface area contributed by atoms with Crippen molar-refractivity contribution in [2.45, 2.75) is 19.9 Å². The number of rotatable bonds is 6. The second-order valence-corrected chi connectivity index (χ2v) is 5.12. The number of nitrogens with one attached hydrogen (secondary N) is 2. The summed E-state index contributed by atoms with van der Waals surface area (Å²) >= 11 is 6.02. The molecule has 0 aliphatic heterocycles. The van der Waals surface area contributed by atoms with E-state index in [0.717, 1.165) is 16.9 Å². The number of hydrogen-bond acceptors (Lipinski definition) is 3. The largest absolute Gasteiger partial charge is 0.326 e. The van der Waals surface area contributed by atoms with Gasteiger partial charge in [0.15, 0.2) is 0 Å². The molecular formula is C16H18ClN3O. The minimum atomic E-state index is -0.0334. The van der Waals surface area contributed by atoms with Crippen LogP contribution in [0.2, 0.25) is 5.02 Å². The Morgan fingerprint density at radius 2 is 2.10 bits per heavy atom. The lowest BCUT2D eigenvalue weighted by atomic mass is 10.2. The first-order valence-corrected chi connectivity index (χ1v) is 7.20. The van der Waals surface area contributed by atoms with Crippen LogP contribution in [-0.2, 0) is 11.3 Å². The number of halogens is 1. The number of amides is 1. The Morgan fingerprint density at radius 1 is 1.24 bits per heavy atom. The number of benzene rings is 1. The summed E-state index contributed by atoms with van der Waals surface area (Å²) in [6.45, 7) is 3.14. The number of pyridine rings is 1. The van der Waals surface area contributed by atoms with Crippen LogP contribution in [-0.4, -0.2) is 17.4 Å². The predicted octanol–water partition coefficient (Wildman–Crippen LogP) is 3.16. The van der Waals surface area contributed by atoms with E-state index in [-0.39, 0.29) is 5.91 Å². The Bertz CT molecular complexity index is 602. The van der Waals surface area contributed by atoms with Crippen molar-refractivity contribution in [1.82, 2.24) is 10.3 Å². The lowest BCUT2D eigenvalue weighted by Gasteiger charge is -2.09. The van der Waals surface area contributed by atoms with E-state index in [1.807, 2.05) is 37.3 Å². The number of carbonyl (C=O) groups excluding carboxylic acids is 1. The van der Waals surface area contributed by atoms with E-state index in [0.29, 0.717) is 24.5 Å². The van der Waals surface area contributed by atoms with Crippen LogP contribution in [0.15, 0.2) is 42.6 Å². The minimum Gasteiger partial charge on any atom is -0.326 e.